The summed E-state index contributed by atoms with van der Waals surface area (Å²) in [7, 11) is 0. The molecule has 0 aliphatic carbocycles. The van der Waals surface area contributed by atoms with Crippen LogP contribution >= 0.6 is 15.9 Å². The molecule has 1 N–H and O–H groups in total. The molecule has 1 aromatic carbocycles. The Morgan fingerprint density at radius 3 is 2.76 bits per heavy atom. The second-order valence-corrected chi connectivity index (χ2v) is 5.98. The first-order chi connectivity index (χ1) is 10.0. The predicted molar refractivity (Wildman–Crippen MR) is 89.7 cm³/mol. The van der Waals surface area contributed by atoms with Crippen LogP contribution in [0.3, 0.4) is 0 Å². The van der Waals surface area contributed by atoms with Crippen molar-refractivity contribution in [2.24, 2.45) is 0 Å². The average Bonchev–Trinajstić information content (AvgIpc) is 2.45. The molecule has 0 spiro atoms. The van der Waals surface area contributed by atoms with Crippen LogP contribution in [0.15, 0.2) is 33.7 Å². The summed E-state index contributed by atoms with van der Waals surface area (Å²) in [6, 6.07) is 6.36. The predicted octanol–water partition coefficient (Wildman–Crippen LogP) is 3.64. The van der Waals surface area contributed by atoms with E-state index in [-0.39, 0.29) is 5.56 Å². The minimum absolute atomic E-state index is 0.0949. The van der Waals surface area contributed by atoms with Crippen LogP contribution in [0.1, 0.15) is 30.0 Å². The third-order valence-electron chi connectivity index (χ3n) is 3.39. The number of anilines is 1. The Hall–Kier alpha value is -1.62. The first kappa shape index (κ1) is 15.8. The van der Waals surface area contributed by atoms with Crippen molar-refractivity contribution < 1.29 is 0 Å². The molecule has 0 bridgehead atoms. The molecular weight excluding hydrogens is 330 g/mol. The van der Waals surface area contributed by atoms with E-state index in [0.717, 1.165) is 12.1 Å². The van der Waals surface area contributed by atoms with E-state index in [9.17, 15) is 4.79 Å². The van der Waals surface area contributed by atoms with Gasteiger partial charge in [-0.15, -0.1) is 0 Å². The summed E-state index contributed by atoms with van der Waals surface area (Å²) >= 11 is 3.37. The Bertz CT molecular complexity index is 694. The summed E-state index contributed by atoms with van der Waals surface area (Å²) in [6.07, 6.45) is 2.58. The molecule has 0 aliphatic heterocycles. The lowest BCUT2D eigenvalue weighted by atomic mass is 10.1. The Balaban J connectivity index is 2.17. The van der Waals surface area contributed by atoms with Crippen molar-refractivity contribution in [3.05, 3.63) is 55.9 Å². The molecule has 2 aromatic rings. The second-order valence-electron chi connectivity index (χ2n) is 5.18. The molecule has 0 saturated heterocycles. The normalized spacial score (nSPS) is 10.7. The van der Waals surface area contributed by atoms with E-state index in [2.05, 4.69) is 58.4 Å². The minimum Gasteiger partial charge on any atom is -0.379 e. The van der Waals surface area contributed by atoms with Crippen molar-refractivity contribution in [2.45, 2.75) is 40.3 Å². The Labute approximate surface area is 133 Å². The highest BCUT2D eigenvalue weighted by molar-refractivity contribution is 9.10. The van der Waals surface area contributed by atoms with Gasteiger partial charge >= 0.3 is 0 Å². The van der Waals surface area contributed by atoms with E-state index in [1.54, 1.807) is 6.20 Å². The summed E-state index contributed by atoms with van der Waals surface area (Å²) in [5, 5.41) is 7.47. The number of halogens is 1. The molecule has 112 valence electrons. The maximum absolute atomic E-state index is 12.1. The van der Waals surface area contributed by atoms with E-state index in [1.165, 1.54) is 21.4 Å². The van der Waals surface area contributed by atoms with Gasteiger partial charge in [0.2, 0.25) is 0 Å². The third-order valence-corrected chi connectivity index (χ3v) is 4.15. The van der Waals surface area contributed by atoms with Crippen molar-refractivity contribution in [1.29, 1.82) is 0 Å². The summed E-state index contributed by atoms with van der Waals surface area (Å²) in [5.41, 5.74) is 4.34. The van der Waals surface area contributed by atoms with Gasteiger partial charge in [0.1, 0.15) is 4.47 Å². The zero-order chi connectivity index (χ0) is 15.4. The van der Waals surface area contributed by atoms with Crippen LogP contribution in [0.2, 0.25) is 0 Å². The smallest absolute Gasteiger partial charge is 0.283 e. The van der Waals surface area contributed by atoms with Crippen molar-refractivity contribution in [2.75, 3.05) is 5.32 Å². The lowest BCUT2D eigenvalue weighted by Crippen LogP contribution is -2.24. The zero-order valence-electron chi connectivity index (χ0n) is 12.6. The molecule has 0 unspecified atom stereocenters. The third kappa shape index (κ3) is 3.73. The molecular formula is C16H20BrN3O. The molecule has 0 amide bonds. The van der Waals surface area contributed by atoms with Gasteiger partial charge < -0.3 is 5.32 Å². The summed E-state index contributed by atoms with van der Waals surface area (Å²) in [4.78, 5) is 12.1. The van der Waals surface area contributed by atoms with Gasteiger partial charge in [0.25, 0.3) is 5.56 Å². The van der Waals surface area contributed by atoms with Crippen molar-refractivity contribution in [3.8, 4) is 0 Å². The first-order valence-corrected chi connectivity index (χ1v) is 7.88. The maximum Gasteiger partial charge on any atom is 0.283 e. The van der Waals surface area contributed by atoms with Crippen LogP contribution in [-0.2, 0) is 13.1 Å². The molecule has 0 fully saturated rings. The van der Waals surface area contributed by atoms with Gasteiger partial charge in [0, 0.05) is 13.1 Å². The van der Waals surface area contributed by atoms with Gasteiger partial charge in [0.15, 0.2) is 0 Å². The Morgan fingerprint density at radius 1 is 1.33 bits per heavy atom. The lowest BCUT2D eigenvalue weighted by molar-refractivity contribution is 0.566. The number of aryl methyl sites for hydroxylation is 3. The van der Waals surface area contributed by atoms with E-state index >= 15 is 0 Å². The van der Waals surface area contributed by atoms with Crippen molar-refractivity contribution in [1.82, 2.24) is 9.78 Å². The van der Waals surface area contributed by atoms with Crippen LogP contribution in [-0.4, -0.2) is 9.78 Å². The highest BCUT2D eigenvalue weighted by Gasteiger charge is 2.08. The van der Waals surface area contributed by atoms with Crippen LogP contribution in [0.4, 0.5) is 5.69 Å². The molecule has 1 heterocycles. The van der Waals surface area contributed by atoms with Crippen molar-refractivity contribution in [3.63, 3.8) is 0 Å². The monoisotopic (exact) mass is 349 g/mol. The van der Waals surface area contributed by atoms with E-state index < -0.39 is 0 Å². The molecule has 0 aliphatic rings. The molecule has 0 atom stereocenters. The van der Waals surface area contributed by atoms with Gasteiger partial charge in [-0.25, -0.2) is 4.68 Å². The van der Waals surface area contributed by atoms with Gasteiger partial charge in [-0.05, 0) is 47.3 Å². The van der Waals surface area contributed by atoms with Crippen LogP contribution in [0.5, 0.6) is 0 Å². The topological polar surface area (TPSA) is 46.9 Å². The SMILES string of the molecule is CCCn1ncc(NCc2ccc(C)cc2C)c(Br)c1=O. The first-order valence-electron chi connectivity index (χ1n) is 7.08. The van der Waals surface area contributed by atoms with Gasteiger partial charge in [-0.3, -0.25) is 4.79 Å². The Kier molecular flexibility index (Phi) is 5.17. The molecule has 1 aromatic heterocycles. The largest absolute Gasteiger partial charge is 0.379 e. The van der Waals surface area contributed by atoms with E-state index in [4.69, 9.17) is 0 Å². The van der Waals surface area contributed by atoms with Crippen LogP contribution in [0, 0.1) is 13.8 Å². The fourth-order valence-electron chi connectivity index (χ4n) is 2.19. The molecule has 0 saturated carbocycles. The number of hydrogen-bond acceptors (Lipinski definition) is 3. The van der Waals surface area contributed by atoms with Gasteiger partial charge in [0.05, 0.1) is 11.9 Å². The highest BCUT2D eigenvalue weighted by Crippen LogP contribution is 2.18. The maximum atomic E-state index is 12.1. The van der Waals surface area contributed by atoms with Crippen LogP contribution in [0.25, 0.3) is 0 Å². The molecule has 21 heavy (non-hydrogen) atoms. The number of nitrogens with one attached hydrogen (secondary N) is 1. The zero-order valence-corrected chi connectivity index (χ0v) is 14.2. The fraction of sp³-hybridized carbons (Fsp3) is 0.375. The molecule has 0 radical (unpaired) electrons. The second kappa shape index (κ2) is 6.89. The molecule has 4 nitrogen and oxygen atoms in total. The number of nitrogens with zero attached hydrogens (tertiary/aromatic N) is 2. The number of aromatic nitrogens is 2. The van der Waals surface area contributed by atoms with Gasteiger partial charge in [-0.1, -0.05) is 30.7 Å². The lowest BCUT2D eigenvalue weighted by Gasteiger charge is -2.12. The Morgan fingerprint density at radius 2 is 2.10 bits per heavy atom. The standard InChI is InChI=1S/C16H20BrN3O/c1-4-7-20-16(21)15(17)14(10-19-20)18-9-13-6-5-11(2)8-12(13)3/h5-6,8,10,18H,4,7,9H2,1-3H3. The average molecular weight is 350 g/mol. The van der Waals surface area contributed by atoms with Crippen LogP contribution < -0.4 is 10.9 Å². The van der Waals surface area contributed by atoms with Crippen molar-refractivity contribution >= 4 is 21.6 Å². The number of hydrogen-bond donors (Lipinski definition) is 1. The number of benzene rings is 1. The summed E-state index contributed by atoms with van der Waals surface area (Å²) in [5.74, 6) is 0. The minimum atomic E-state index is -0.0949. The fourth-order valence-corrected chi connectivity index (χ4v) is 2.64. The van der Waals surface area contributed by atoms with E-state index in [0.29, 0.717) is 17.6 Å². The van der Waals surface area contributed by atoms with E-state index in [1.807, 2.05) is 6.92 Å². The van der Waals surface area contributed by atoms with Gasteiger partial charge in [-0.2, -0.15) is 5.10 Å². The quantitative estimate of drug-likeness (QED) is 0.896. The molecule has 5 heteroatoms. The summed E-state index contributed by atoms with van der Waals surface area (Å²) in [6.45, 7) is 7.50. The number of rotatable bonds is 5. The highest BCUT2D eigenvalue weighted by atomic mass is 79.9. The molecule has 2 rings (SSSR count). The summed E-state index contributed by atoms with van der Waals surface area (Å²) < 4.78 is 2.02.